The number of nitro groups is 1. The van der Waals surface area contributed by atoms with E-state index in [0.717, 1.165) is 15.8 Å². The van der Waals surface area contributed by atoms with Crippen molar-refractivity contribution in [2.24, 2.45) is 5.10 Å². The lowest BCUT2D eigenvalue weighted by Gasteiger charge is -2.07. The van der Waals surface area contributed by atoms with Gasteiger partial charge in [-0.25, -0.2) is 5.43 Å². The van der Waals surface area contributed by atoms with Crippen molar-refractivity contribution in [3.05, 3.63) is 100 Å². The van der Waals surface area contributed by atoms with Gasteiger partial charge in [0.2, 0.25) is 0 Å². The number of aromatic nitrogens is 1. The monoisotopic (exact) mass is 444 g/mol. The summed E-state index contributed by atoms with van der Waals surface area (Å²) in [6, 6.07) is 20.0. The minimum Gasteiger partial charge on any atom is -0.508 e. The second-order valence-corrected chi connectivity index (χ2v) is 7.75. The highest BCUT2D eigenvalue weighted by atomic mass is 32.2. The van der Waals surface area contributed by atoms with E-state index in [4.69, 9.17) is 0 Å². The quantitative estimate of drug-likeness (QED) is 0.251. The van der Waals surface area contributed by atoms with Gasteiger partial charge in [-0.05, 0) is 42.5 Å². The van der Waals surface area contributed by atoms with Crippen LogP contribution in [-0.2, 0) is 0 Å². The van der Waals surface area contributed by atoms with Gasteiger partial charge in [0.1, 0.15) is 5.75 Å². The molecule has 4 rings (SSSR count). The molecular formula is C23H16N4O4S. The molecule has 1 amide bonds. The molecule has 0 aliphatic rings. The largest absolute Gasteiger partial charge is 0.508 e. The number of fused-ring (bicyclic) bond motifs is 1. The highest BCUT2D eigenvalue weighted by Crippen LogP contribution is 2.38. The molecular weight excluding hydrogens is 428 g/mol. The second kappa shape index (κ2) is 9.27. The fourth-order valence-electron chi connectivity index (χ4n) is 3.00. The van der Waals surface area contributed by atoms with Crippen LogP contribution in [0.5, 0.6) is 5.75 Å². The van der Waals surface area contributed by atoms with Gasteiger partial charge in [-0.2, -0.15) is 5.10 Å². The Morgan fingerprint density at radius 2 is 1.91 bits per heavy atom. The molecule has 1 aromatic heterocycles. The lowest BCUT2D eigenvalue weighted by Crippen LogP contribution is -2.17. The smallest absolute Gasteiger partial charge is 0.283 e. The van der Waals surface area contributed by atoms with Crippen LogP contribution in [0, 0.1) is 10.1 Å². The average molecular weight is 444 g/mol. The Hall–Kier alpha value is -4.24. The third kappa shape index (κ3) is 4.73. The highest BCUT2D eigenvalue weighted by Gasteiger charge is 2.16. The van der Waals surface area contributed by atoms with E-state index in [-0.39, 0.29) is 17.0 Å². The van der Waals surface area contributed by atoms with Gasteiger partial charge in [-0.15, -0.1) is 0 Å². The summed E-state index contributed by atoms with van der Waals surface area (Å²) in [5.41, 5.74) is 3.77. The summed E-state index contributed by atoms with van der Waals surface area (Å²) in [5.74, 6) is -0.546. The number of pyridine rings is 1. The zero-order chi connectivity index (χ0) is 22.5. The normalized spacial score (nSPS) is 11.0. The van der Waals surface area contributed by atoms with Crippen molar-refractivity contribution in [1.29, 1.82) is 0 Å². The molecule has 0 aliphatic heterocycles. The molecule has 0 aliphatic carbocycles. The summed E-state index contributed by atoms with van der Waals surface area (Å²) in [5, 5.41) is 25.9. The molecule has 158 valence electrons. The lowest BCUT2D eigenvalue weighted by molar-refractivity contribution is -0.387. The van der Waals surface area contributed by atoms with Crippen LogP contribution < -0.4 is 5.43 Å². The lowest BCUT2D eigenvalue weighted by atomic mass is 10.2. The molecule has 3 aromatic carbocycles. The number of phenolic OH excluding ortho intramolecular Hbond substituents is 1. The number of phenols is 1. The Bertz CT molecular complexity index is 1350. The Kier molecular flexibility index (Phi) is 6.09. The maximum absolute atomic E-state index is 12.1. The third-order valence-electron chi connectivity index (χ3n) is 4.49. The first-order chi connectivity index (χ1) is 15.5. The highest BCUT2D eigenvalue weighted by molar-refractivity contribution is 7.99. The molecule has 0 spiro atoms. The van der Waals surface area contributed by atoms with Gasteiger partial charge in [0.15, 0.2) is 0 Å². The number of rotatable bonds is 6. The van der Waals surface area contributed by atoms with Crippen LogP contribution in [0.1, 0.15) is 15.9 Å². The van der Waals surface area contributed by atoms with Crippen molar-refractivity contribution >= 4 is 40.5 Å². The van der Waals surface area contributed by atoms with E-state index in [0.29, 0.717) is 10.5 Å². The molecule has 0 saturated carbocycles. The number of hydrogen-bond acceptors (Lipinski definition) is 7. The van der Waals surface area contributed by atoms with Crippen LogP contribution in [0.4, 0.5) is 5.69 Å². The Labute approximate surface area is 186 Å². The number of nitrogens with zero attached hydrogens (tertiary/aromatic N) is 3. The Balaban J connectivity index is 1.54. The molecule has 0 unspecified atom stereocenters. The molecule has 9 heteroatoms. The third-order valence-corrected chi connectivity index (χ3v) is 5.63. The summed E-state index contributed by atoms with van der Waals surface area (Å²) in [6.45, 7) is 0. The standard InChI is InChI=1S/C23H16N4O4S/c28-17-5-1-4-16(13-17)23(29)26-25-14-15-9-10-22(20(12-15)27(30)31)32-21-8-2-7-19-18(21)6-3-11-24-19/h1-14,28H,(H,26,29)/b25-14+. The summed E-state index contributed by atoms with van der Waals surface area (Å²) in [4.78, 5) is 28.9. The number of nitro benzene ring substituents is 1. The molecule has 0 fully saturated rings. The van der Waals surface area contributed by atoms with Crippen LogP contribution in [0.2, 0.25) is 0 Å². The molecule has 8 nitrogen and oxygen atoms in total. The predicted molar refractivity (Wildman–Crippen MR) is 122 cm³/mol. The summed E-state index contributed by atoms with van der Waals surface area (Å²) < 4.78 is 0. The Morgan fingerprint density at radius 3 is 2.72 bits per heavy atom. The molecule has 2 N–H and O–H groups in total. The maximum Gasteiger partial charge on any atom is 0.283 e. The second-order valence-electron chi connectivity index (χ2n) is 6.66. The van der Waals surface area contributed by atoms with E-state index in [9.17, 15) is 20.0 Å². The fourth-order valence-corrected chi connectivity index (χ4v) is 4.04. The number of aromatic hydroxyl groups is 1. The van der Waals surface area contributed by atoms with Gasteiger partial charge in [0.05, 0.1) is 21.6 Å². The van der Waals surface area contributed by atoms with Crippen molar-refractivity contribution in [2.45, 2.75) is 9.79 Å². The van der Waals surface area contributed by atoms with Crippen LogP contribution in [0.3, 0.4) is 0 Å². The minimum absolute atomic E-state index is 0.0349. The number of carbonyl (C=O) groups excluding carboxylic acids is 1. The molecule has 0 atom stereocenters. The van der Waals surface area contributed by atoms with Crippen molar-refractivity contribution in [1.82, 2.24) is 10.4 Å². The molecule has 0 bridgehead atoms. The first-order valence-corrected chi connectivity index (χ1v) is 10.3. The van der Waals surface area contributed by atoms with Crippen molar-refractivity contribution < 1.29 is 14.8 Å². The molecule has 32 heavy (non-hydrogen) atoms. The van der Waals surface area contributed by atoms with E-state index in [2.05, 4.69) is 15.5 Å². The summed E-state index contributed by atoms with van der Waals surface area (Å²) in [6.07, 6.45) is 3.02. The van der Waals surface area contributed by atoms with E-state index >= 15 is 0 Å². The Morgan fingerprint density at radius 1 is 1.06 bits per heavy atom. The van der Waals surface area contributed by atoms with Crippen LogP contribution >= 0.6 is 11.8 Å². The maximum atomic E-state index is 12.1. The molecule has 0 radical (unpaired) electrons. The van der Waals surface area contributed by atoms with Gasteiger partial charge in [0.25, 0.3) is 11.6 Å². The fraction of sp³-hybridized carbons (Fsp3) is 0. The van der Waals surface area contributed by atoms with Gasteiger partial charge in [-0.3, -0.25) is 19.9 Å². The van der Waals surface area contributed by atoms with Crippen LogP contribution in [-0.4, -0.2) is 27.1 Å². The predicted octanol–water partition coefficient (Wildman–Crippen LogP) is 4.76. The SMILES string of the molecule is O=C(N/N=C/c1ccc(Sc2cccc3ncccc23)c([N+](=O)[O-])c1)c1cccc(O)c1. The van der Waals surface area contributed by atoms with Crippen molar-refractivity contribution in [2.75, 3.05) is 0 Å². The number of nitrogens with one attached hydrogen (secondary N) is 1. The van der Waals surface area contributed by atoms with Crippen LogP contribution in [0.25, 0.3) is 10.9 Å². The first-order valence-electron chi connectivity index (χ1n) is 9.44. The van der Waals surface area contributed by atoms with Crippen LogP contribution in [0.15, 0.2) is 93.9 Å². The van der Waals surface area contributed by atoms with Gasteiger partial charge < -0.3 is 5.11 Å². The summed E-state index contributed by atoms with van der Waals surface area (Å²) in [7, 11) is 0. The van der Waals surface area contributed by atoms with Gasteiger partial charge in [0, 0.05) is 33.7 Å². The number of benzene rings is 3. The summed E-state index contributed by atoms with van der Waals surface area (Å²) >= 11 is 1.29. The number of hydrogen-bond donors (Lipinski definition) is 2. The zero-order valence-electron chi connectivity index (χ0n) is 16.5. The number of carbonyl (C=O) groups is 1. The number of amides is 1. The molecule has 4 aromatic rings. The molecule has 0 saturated heterocycles. The van der Waals surface area contributed by atoms with Crippen molar-refractivity contribution in [3.8, 4) is 5.75 Å². The number of hydrazone groups is 1. The van der Waals surface area contributed by atoms with Gasteiger partial charge >= 0.3 is 0 Å². The first kappa shape index (κ1) is 21.0. The van der Waals surface area contributed by atoms with E-state index in [1.54, 1.807) is 24.4 Å². The topological polar surface area (TPSA) is 118 Å². The van der Waals surface area contributed by atoms with Gasteiger partial charge in [-0.1, -0.05) is 36.0 Å². The van der Waals surface area contributed by atoms with Crippen molar-refractivity contribution in [3.63, 3.8) is 0 Å². The van der Waals surface area contributed by atoms with E-state index < -0.39 is 10.8 Å². The molecule has 1 heterocycles. The minimum atomic E-state index is -0.511. The van der Waals surface area contributed by atoms with E-state index in [1.807, 2.05) is 30.3 Å². The average Bonchev–Trinajstić information content (AvgIpc) is 2.80. The van der Waals surface area contributed by atoms with E-state index in [1.165, 1.54) is 42.2 Å². The zero-order valence-corrected chi connectivity index (χ0v) is 17.3.